The van der Waals surface area contributed by atoms with Gasteiger partial charge in [-0.1, -0.05) is 44.4 Å². The van der Waals surface area contributed by atoms with Crippen LogP contribution < -0.4 is 9.46 Å². The van der Waals surface area contributed by atoms with Crippen LogP contribution in [0.25, 0.3) is 0 Å². The van der Waals surface area contributed by atoms with Crippen molar-refractivity contribution in [1.82, 2.24) is 9.80 Å². The molecular weight excluding hydrogens is 606 g/mol. The van der Waals surface area contributed by atoms with Crippen molar-refractivity contribution in [2.45, 2.75) is 95.3 Å². The van der Waals surface area contributed by atoms with Crippen LogP contribution in [0.1, 0.15) is 82.5 Å². The molecule has 0 radical (unpaired) electrons. The maximum absolute atomic E-state index is 14.3. The first-order valence-electron chi connectivity index (χ1n) is 16.7. The van der Waals surface area contributed by atoms with Gasteiger partial charge < -0.3 is 24.4 Å². The summed E-state index contributed by atoms with van der Waals surface area (Å²) in [6, 6.07) is 12.2. The second-order valence-corrected chi connectivity index (χ2v) is 14.7. The molecule has 2 aromatic rings. The van der Waals surface area contributed by atoms with Gasteiger partial charge in [0.25, 0.3) is 15.9 Å². The standard InChI is InChI=1S/C35H51N3O7S/c1-25-22-38(26(2)24-39)35(41)31-21-29(36-46(42,43)30-16-9-6-10-17-30)18-19-32(31)45-27(3)13-11-12-20-44-33(25)23-37(4)34(40)28-14-7-5-8-15-28/h6,9-10,16-19,21,25-28,33,36,39H,5,7-8,11-15,20,22-24H2,1-4H3/t25-,26-,27+,33-/m0/s1. The van der Waals surface area contributed by atoms with E-state index in [0.29, 0.717) is 18.9 Å². The number of carbonyl (C=O) groups is 2. The predicted octanol–water partition coefficient (Wildman–Crippen LogP) is 5.32. The number of ether oxygens (including phenoxy) is 2. The maximum atomic E-state index is 14.3. The van der Waals surface area contributed by atoms with E-state index in [1.165, 1.54) is 24.6 Å². The molecule has 0 aromatic heterocycles. The van der Waals surface area contributed by atoms with Gasteiger partial charge >= 0.3 is 0 Å². The number of aliphatic hydroxyl groups excluding tert-OH is 1. The Labute approximate surface area is 274 Å². The highest BCUT2D eigenvalue weighted by atomic mass is 32.2. The van der Waals surface area contributed by atoms with E-state index in [1.54, 1.807) is 47.1 Å². The van der Waals surface area contributed by atoms with Gasteiger partial charge in [0.2, 0.25) is 5.91 Å². The van der Waals surface area contributed by atoms with Crippen LogP contribution >= 0.6 is 0 Å². The van der Waals surface area contributed by atoms with Gasteiger partial charge in [0.15, 0.2) is 0 Å². The van der Waals surface area contributed by atoms with Gasteiger partial charge in [0, 0.05) is 44.3 Å². The Morgan fingerprint density at radius 3 is 2.43 bits per heavy atom. The fourth-order valence-electron chi connectivity index (χ4n) is 6.28. The molecule has 0 saturated heterocycles. The fourth-order valence-corrected chi connectivity index (χ4v) is 7.35. The van der Waals surface area contributed by atoms with Crippen molar-refractivity contribution in [2.75, 3.05) is 38.1 Å². The van der Waals surface area contributed by atoms with Crippen molar-refractivity contribution in [3.05, 3.63) is 54.1 Å². The SMILES string of the molecule is C[C@@H]1CCCCO[C@@H](CN(C)C(=O)C2CCCCC2)[C@@H](C)CN([C@@H](C)CO)C(=O)c2cc(NS(=O)(=O)c3ccccc3)ccc2O1. The van der Waals surface area contributed by atoms with Crippen LogP contribution in [0.3, 0.4) is 0 Å². The van der Waals surface area contributed by atoms with Crippen LogP contribution in [0, 0.1) is 11.8 Å². The summed E-state index contributed by atoms with van der Waals surface area (Å²) in [5.74, 6) is -0.0153. The van der Waals surface area contributed by atoms with Crippen molar-refractivity contribution in [3.63, 3.8) is 0 Å². The molecule has 1 saturated carbocycles. The Balaban J connectivity index is 1.63. The van der Waals surface area contributed by atoms with E-state index >= 15 is 0 Å². The normalized spacial score (nSPS) is 23.0. The molecule has 10 nitrogen and oxygen atoms in total. The quantitative estimate of drug-likeness (QED) is 0.394. The lowest BCUT2D eigenvalue weighted by atomic mass is 9.88. The monoisotopic (exact) mass is 657 g/mol. The van der Waals surface area contributed by atoms with Crippen LogP contribution in [0.15, 0.2) is 53.4 Å². The highest BCUT2D eigenvalue weighted by Gasteiger charge is 2.32. The molecule has 1 heterocycles. The molecule has 1 aliphatic heterocycles. The molecule has 2 aromatic carbocycles. The third-order valence-electron chi connectivity index (χ3n) is 9.14. The number of hydrogen-bond donors (Lipinski definition) is 2. The zero-order chi connectivity index (χ0) is 33.3. The summed E-state index contributed by atoms with van der Waals surface area (Å²) in [5.41, 5.74) is 0.425. The first kappa shape index (κ1) is 35.7. The van der Waals surface area contributed by atoms with Crippen LogP contribution in [0.4, 0.5) is 5.69 Å². The summed E-state index contributed by atoms with van der Waals surface area (Å²) in [5, 5.41) is 10.2. The number of hydrogen-bond acceptors (Lipinski definition) is 7. The average Bonchev–Trinajstić information content (AvgIpc) is 3.06. The van der Waals surface area contributed by atoms with Gasteiger partial charge in [-0.05, 0) is 76.3 Å². The van der Waals surface area contributed by atoms with Crippen molar-refractivity contribution in [2.24, 2.45) is 11.8 Å². The number of fused-ring (bicyclic) bond motifs is 1. The van der Waals surface area contributed by atoms with E-state index in [9.17, 15) is 23.1 Å². The van der Waals surface area contributed by atoms with E-state index in [0.717, 1.165) is 44.9 Å². The summed E-state index contributed by atoms with van der Waals surface area (Å²) in [7, 11) is -2.06. The number of sulfonamides is 1. The maximum Gasteiger partial charge on any atom is 0.261 e. The largest absolute Gasteiger partial charge is 0.490 e. The summed E-state index contributed by atoms with van der Waals surface area (Å²) >= 11 is 0. The minimum atomic E-state index is -3.90. The Kier molecular flexibility index (Phi) is 12.9. The van der Waals surface area contributed by atoms with Crippen LogP contribution in [-0.2, 0) is 19.6 Å². The lowest BCUT2D eigenvalue weighted by Crippen LogP contribution is -2.48. The molecule has 4 atom stereocenters. The van der Waals surface area contributed by atoms with Crippen LogP contribution in [0.2, 0.25) is 0 Å². The van der Waals surface area contributed by atoms with Crippen LogP contribution in [-0.4, -0.2) is 86.7 Å². The summed E-state index contributed by atoms with van der Waals surface area (Å²) < 4.78 is 41.5. The van der Waals surface area contributed by atoms with E-state index in [4.69, 9.17) is 9.47 Å². The minimum absolute atomic E-state index is 0.0477. The average molecular weight is 658 g/mol. The van der Waals surface area contributed by atoms with Gasteiger partial charge in [-0.2, -0.15) is 0 Å². The Hall–Kier alpha value is -3.15. The topological polar surface area (TPSA) is 125 Å². The molecule has 4 rings (SSSR count). The molecule has 0 bridgehead atoms. The Bertz CT molecular complexity index is 1400. The number of amides is 2. The lowest BCUT2D eigenvalue weighted by Gasteiger charge is -2.36. The van der Waals surface area contributed by atoms with E-state index < -0.39 is 16.1 Å². The molecule has 2 amide bonds. The predicted molar refractivity (Wildman–Crippen MR) is 178 cm³/mol. The van der Waals surface area contributed by atoms with Gasteiger partial charge in [0.05, 0.1) is 35.3 Å². The fraction of sp³-hybridized carbons (Fsp3) is 0.600. The van der Waals surface area contributed by atoms with Crippen LogP contribution in [0.5, 0.6) is 5.75 Å². The molecule has 2 aliphatic rings. The summed E-state index contributed by atoms with van der Waals surface area (Å²) in [4.78, 5) is 31.1. The first-order valence-corrected chi connectivity index (χ1v) is 18.2. The summed E-state index contributed by atoms with van der Waals surface area (Å²) in [6.45, 7) is 6.64. The van der Waals surface area contributed by atoms with E-state index in [2.05, 4.69) is 4.72 Å². The molecule has 1 fully saturated rings. The van der Waals surface area contributed by atoms with Crippen molar-refractivity contribution >= 4 is 27.5 Å². The smallest absolute Gasteiger partial charge is 0.261 e. The number of anilines is 1. The lowest BCUT2D eigenvalue weighted by molar-refractivity contribution is -0.137. The number of nitrogens with one attached hydrogen (secondary N) is 1. The van der Waals surface area contributed by atoms with E-state index in [1.807, 2.05) is 20.9 Å². The van der Waals surface area contributed by atoms with Gasteiger partial charge in [-0.15, -0.1) is 0 Å². The third kappa shape index (κ3) is 9.45. The number of nitrogens with zero attached hydrogens (tertiary/aromatic N) is 2. The number of benzene rings is 2. The molecule has 0 unspecified atom stereocenters. The zero-order valence-electron chi connectivity index (χ0n) is 27.7. The third-order valence-corrected chi connectivity index (χ3v) is 10.5. The van der Waals surface area contributed by atoms with Crippen molar-refractivity contribution in [3.8, 4) is 5.75 Å². The number of rotatable bonds is 8. The zero-order valence-corrected chi connectivity index (χ0v) is 28.5. The molecular formula is C35H51N3O7S. The molecule has 254 valence electrons. The van der Waals surface area contributed by atoms with Crippen molar-refractivity contribution in [1.29, 1.82) is 0 Å². The van der Waals surface area contributed by atoms with Gasteiger partial charge in [-0.25, -0.2) is 8.42 Å². The molecule has 1 aliphatic carbocycles. The second kappa shape index (κ2) is 16.6. The second-order valence-electron chi connectivity index (χ2n) is 13.0. The first-order chi connectivity index (χ1) is 22.0. The highest BCUT2D eigenvalue weighted by molar-refractivity contribution is 7.92. The molecule has 11 heteroatoms. The molecule has 2 N–H and O–H groups in total. The van der Waals surface area contributed by atoms with Gasteiger partial charge in [-0.3, -0.25) is 14.3 Å². The van der Waals surface area contributed by atoms with Gasteiger partial charge in [0.1, 0.15) is 5.75 Å². The number of aliphatic hydroxyl groups is 1. The molecule has 46 heavy (non-hydrogen) atoms. The number of likely N-dealkylation sites (N-methyl/N-ethyl adjacent to an activating group) is 1. The Morgan fingerprint density at radius 2 is 1.74 bits per heavy atom. The summed E-state index contributed by atoms with van der Waals surface area (Å²) in [6.07, 6.45) is 7.05. The highest BCUT2D eigenvalue weighted by Crippen LogP contribution is 2.30. The van der Waals surface area contributed by atoms with Crippen molar-refractivity contribution < 1.29 is 32.6 Å². The minimum Gasteiger partial charge on any atom is -0.490 e. The Morgan fingerprint density at radius 1 is 1.04 bits per heavy atom. The van der Waals surface area contributed by atoms with E-state index in [-0.39, 0.29) is 65.2 Å². The molecule has 0 spiro atoms. The number of carbonyl (C=O) groups excluding carboxylic acids is 2.